The Labute approximate surface area is 79.7 Å². The molecule has 0 N–H and O–H groups in total. The summed E-state index contributed by atoms with van der Waals surface area (Å²) in [6, 6.07) is 2.66. The van der Waals surface area contributed by atoms with Gasteiger partial charge in [-0.1, -0.05) is 0 Å². The highest BCUT2D eigenvalue weighted by molar-refractivity contribution is 5.90. The second kappa shape index (κ2) is 3.69. The quantitative estimate of drug-likeness (QED) is 0.687. The van der Waals surface area contributed by atoms with E-state index in [1.54, 1.807) is 0 Å². The third-order valence-electron chi connectivity index (χ3n) is 1.63. The zero-order valence-electron chi connectivity index (χ0n) is 7.75. The summed E-state index contributed by atoms with van der Waals surface area (Å²) in [5, 5.41) is 0. The van der Waals surface area contributed by atoms with Crippen molar-refractivity contribution < 1.29 is 18.3 Å². The molecule has 0 aromatic carbocycles. The summed E-state index contributed by atoms with van der Waals surface area (Å²) in [7, 11) is 1.13. The average Bonchev–Trinajstić information content (AvgIpc) is 2.15. The number of hydrogen-bond acceptors (Lipinski definition) is 3. The van der Waals surface area contributed by atoms with E-state index in [4.69, 9.17) is 0 Å². The van der Waals surface area contributed by atoms with Crippen molar-refractivity contribution in [2.75, 3.05) is 7.11 Å². The number of rotatable bonds is 2. The minimum atomic E-state index is -3.15. The standard InChI is InChI=1S/C9H9F2NO2/c1-9(10,11)7-6(8(13)14-2)4-3-5-12-7/h3-5H,1-2H3. The van der Waals surface area contributed by atoms with Crippen LogP contribution < -0.4 is 0 Å². The van der Waals surface area contributed by atoms with Crippen LogP contribution in [-0.4, -0.2) is 18.1 Å². The van der Waals surface area contributed by atoms with Crippen LogP contribution in [0.15, 0.2) is 18.3 Å². The SMILES string of the molecule is COC(=O)c1cccnc1C(C)(F)F. The van der Waals surface area contributed by atoms with Crippen LogP contribution in [0, 0.1) is 0 Å². The minimum absolute atomic E-state index is 0.206. The van der Waals surface area contributed by atoms with E-state index in [1.807, 2.05) is 0 Å². The molecular weight excluding hydrogens is 192 g/mol. The van der Waals surface area contributed by atoms with Gasteiger partial charge in [-0.3, -0.25) is 4.98 Å². The number of methoxy groups -OCH3 is 1. The third kappa shape index (κ3) is 2.04. The van der Waals surface area contributed by atoms with E-state index < -0.39 is 17.6 Å². The molecule has 3 nitrogen and oxygen atoms in total. The normalized spacial score (nSPS) is 11.1. The summed E-state index contributed by atoms with van der Waals surface area (Å²) < 4.78 is 30.2. The highest BCUT2D eigenvalue weighted by atomic mass is 19.3. The van der Waals surface area contributed by atoms with Gasteiger partial charge in [-0.2, -0.15) is 8.78 Å². The lowest BCUT2D eigenvalue weighted by Gasteiger charge is -2.12. The molecule has 0 aliphatic carbocycles. The molecule has 1 rings (SSSR count). The number of alkyl halides is 2. The summed E-state index contributed by atoms with van der Waals surface area (Å²) >= 11 is 0. The molecule has 76 valence electrons. The lowest BCUT2D eigenvalue weighted by atomic mass is 10.1. The highest BCUT2D eigenvalue weighted by Gasteiger charge is 2.31. The zero-order chi connectivity index (χ0) is 10.8. The summed E-state index contributed by atoms with van der Waals surface area (Å²) in [6.45, 7) is 0.682. The van der Waals surface area contributed by atoms with Crippen LogP contribution >= 0.6 is 0 Å². The van der Waals surface area contributed by atoms with E-state index in [-0.39, 0.29) is 5.56 Å². The van der Waals surface area contributed by atoms with Gasteiger partial charge in [0.15, 0.2) is 0 Å². The fourth-order valence-corrected chi connectivity index (χ4v) is 1.03. The number of carbonyl (C=O) groups excluding carboxylic acids is 1. The van der Waals surface area contributed by atoms with Gasteiger partial charge in [0.25, 0.3) is 5.92 Å². The maximum atomic E-state index is 12.9. The van der Waals surface area contributed by atoms with E-state index in [9.17, 15) is 13.6 Å². The number of nitrogens with zero attached hydrogens (tertiary/aromatic N) is 1. The molecule has 1 aromatic rings. The molecule has 1 heterocycles. The van der Waals surface area contributed by atoms with Crippen LogP contribution in [0.4, 0.5) is 8.78 Å². The molecule has 1 aromatic heterocycles. The molecule has 0 bridgehead atoms. The van der Waals surface area contributed by atoms with Gasteiger partial charge in [0, 0.05) is 13.1 Å². The molecule has 0 aliphatic rings. The van der Waals surface area contributed by atoms with E-state index in [0.29, 0.717) is 6.92 Å². The third-order valence-corrected chi connectivity index (χ3v) is 1.63. The fraction of sp³-hybridized carbons (Fsp3) is 0.333. The van der Waals surface area contributed by atoms with Gasteiger partial charge in [0.05, 0.1) is 12.7 Å². The van der Waals surface area contributed by atoms with Crippen LogP contribution in [0.1, 0.15) is 23.0 Å². The molecule has 0 saturated heterocycles. The number of halogens is 2. The summed E-state index contributed by atoms with van der Waals surface area (Å²) in [5.41, 5.74) is -0.769. The van der Waals surface area contributed by atoms with E-state index >= 15 is 0 Å². The van der Waals surface area contributed by atoms with E-state index in [2.05, 4.69) is 9.72 Å². The molecule has 0 unspecified atom stereocenters. The Kier molecular flexibility index (Phi) is 2.78. The number of ether oxygens (including phenoxy) is 1. The van der Waals surface area contributed by atoms with Crippen molar-refractivity contribution in [2.45, 2.75) is 12.8 Å². The number of hydrogen-bond donors (Lipinski definition) is 0. The van der Waals surface area contributed by atoms with E-state index in [1.165, 1.54) is 18.3 Å². The molecule has 0 spiro atoms. The van der Waals surface area contributed by atoms with Gasteiger partial charge in [0.1, 0.15) is 5.69 Å². The van der Waals surface area contributed by atoms with Gasteiger partial charge >= 0.3 is 5.97 Å². The number of aromatic nitrogens is 1. The van der Waals surface area contributed by atoms with Crippen molar-refractivity contribution in [3.05, 3.63) is 29.6 Å². The maximum Gasteiger partial charge on any atom is 0.339 e. The number of esters is 1. The van der Waals surface area contributed by atoms with Crippen molar-refractivity contribution in [3.8, 4) is 0 Å². The zero-order valence-corrected chi connectivity index (χ0v) is 7.75. The van der Waals surface area contributed by atoms with Crippen LogP contribution in [0.3, 0.4) is 0 Å². The first-order valence-electron chi connectivity index (χ1n) is 3.88. The smallest absolute Gasteiger partial charge is 0.339 e. The largest absolute Gasteiger partial charge is 0.465 e. The minimum Gasteiger partial charge on any atom is -0.465 e. The summed E-state index contributed by atoms with van der Waals surface area (Å²) in [4.78, 5) is 14.6. The van der Waals surface area contributed by atoms with Crippen LogP contribution in [0.5, 0.6) is 0 Å². The lowest BCUT2D eigenvalue weighted by molar-refractivity contribution is 0.0102. The molecule has 5 heteroatoms. The first kappa shape index (κ1) is 10.6. The molecule has 0 atom stereocenters. The van der Waals surface area contributed by atoms with Gasteiger partial charge in [-0.25, -0.2) is 4.79 Å². The van der Waals surface area contributed by atoms with Crippen molar-refractivity contribution >= 4 is 5.97 Å². The Morgan fingerprint density at radius 3 is 2.71 bits per heavy atom. The van der Waals surface area contributed by atoms with Crippen molar-refractivity contribution in [1.29, 1.82) is 0 Å². The van der Waals surface area contributed by atoms with Crippen LogP contribution in [0.25, 0.3) is 0 Å². The number of pyridine rings is 1. The van der Waals surface area contributed by atoms with Crippen molar-refractivity contribution in [2.24, 2.45) is 0 Å². The predicted octanol–water partition coefficient (Wildman–Crippen LogP) is 1.98. The maximum absolute atomic E-state index is 12.9. The Bertz CT molecular complexity index is 347. The average molecular weight is 201 g/mol. The van der Waals surface area contributed by atoms with Gasteiger partial charge < -0.3 is 4.74 Å². The molecule has 0 saturated carbocycles. The molecule has 14 heavy (non-hydrogen) atoms. The van der Waals surface area contributed by atoms with Gasteiger partial charge in [-0.05, 0) is 12.1 Å². The summed E-state index contributed by atoms with van der Waals surface area (Å²) in [5.74, 6) is -3.96. The Hall–Kier alpha value is -1.52. The highest BCUT2D eigenvalue weighted by Crippen LogP contribution is 2.27. The second-order valence-electron chi connectivity index (χ2n) is 2.78. The first-order chi connectivity index (χ1) is 6.46. The molecule has 0 fully saturated rings. The Morgan fingerprint density at radius 1 is 1.57 bits per heavy atom. The second-order valence-corrected chi connectivity index (χ2v) is 2.78. The topological polar surface area (TPSA) is 39.2 Å². The van der Waals surface area contributed by atoms with Crippen LogP contribution in [0.2, 0.25) is 0 Å². The van der Waals surface area contributed by atoms with Crippen LogP contribution in [-0.2, 0) is 10.7 Å². The van der Waals surface area contributed by atoms with Gasteiger partial charge in [-0.15, -0.1) is 0 Å². The molecule has 0 aliphatic heterocycles. The monoisotopic (exact) mass is 201 g/mol. The Morgan fingerprint density at radius 2 is 2.21 bits per heavy atom. The molecule has 0 radical (unpaired) electrons. The van der Waals surface area contributed by atoms with Crippen molar-refractivity contribution in [3.63, 3.8) is 0 Å². The van der Waals surface area contributed by atoms with Crippen molar-refractivity contribution in [1.82, 2.24) is 4.98 Å². The van der Waals surface area contributed by atoms with E-state index in [0.717, 1.165) is 7.11 Å². The predicted molar refractivity (Wildman–Crippen MR) is 45.1 cm³/mol. The lowest BCUT2D eigenvalue weighted by Crippen LogP contribution is -2.17. The number of carbonyl (C=O) groups is 1. The fourth-order valence-electron chi connectivity index (χ4n) is 1.03. The summed E-state index contributed by atoms with van der Waals surface area (Å²) in [6.07, 6.45) is 1.21. The Balaban J connectivity index is 3.23. The molecule has 0 amide bonds. The van der Waals surface area contributed by atoms with Gasteiger partial charge in [0.2, 0.25) is 0 Å². The molecular formula is C9H9F2NO2. The first-order valence-corrected chi connectivity index (χ1v) is 3.88.